The third-order valence-corrected chi connectivity index (χ3v) is 6.83. The van der Waals surface area contributed by atoms with Gasteiger partial charge in [-0.2, -0.15) is 0 Å². The molecule has 0 aliphatic carbocycles. The van der Waals surface area contributed by atoms with Crippen LogP contribution < -0.4 is 25.1 Å². The van der Waals surface area contributed by atoms with Crippen molar-refractivity contribution in [2.45, 2.75) is 25.9 Å². The highest BCUT2D eigenvalue weighted by atomic mass is 19.1. The summed E-state index contributed by atoms with van der Waals surface area (Å²) in [5.74, 6) is -0.342. The van der Waals surface area contributed by atoms with Gasteiger partial charge in [0.25, 0.3) is 11.5 Å². The van der Waals surface area contributed by atoms with Crippen LogP contribution >= 0.6 is 0 Å². The van der Waals surface area contributed by atoms with Crippen molar-refractivity contribution in [2.24, 2.45) is 0 Å². The lowest BCUT2D eigenvalue weighted by molar-refractivity contribution is 0.0551. The Morgan fingerprint density at radius 3 is 2.47 bits per heavy atom. The number of hydrogen-bond donors (Lipinski definition) is 3. The zero-order valence-electron chi connectivity index (χ0n) is 24.0. The van der Waals surface area contributed by atoms with E-state index in [1.165, 1.54) is 44.3 Å². The molecule has 3 aromatic carbocycles. The molecule has 0 saturated carbocycles. The molecule has 0 fully saturated rings. The Labute approximate surface area is 245 Å². The van der Waals surface area contributed by atoms with Gasteiger partial charge in [-0.3, -0.25) is 14.7 Å². The minimum atomic E-state index is -1.45. The molecule has 0 spiro atoms. The summed E-state index contributed by atoms with van der Waals surface area (Å²) in [6.45, 7) is 2.95. The molecule has 0 saturated heterocycles. The number of rotatable bonds is 10. The fourth-order valence-electron chi connectivity index (χ4n) is 4.72. The van der Waals surface area contributed by atoms with Gasteiger partial charge in [0.05, 0.1) is 36.4 Å². The van der Waals surface area contributed by atoms with E-state index in [0.717, 1.165) is 0 Å². The van der Waals surface area contributed by atoms with Crippen LogP contribution in [0.1, 0.15) is 28.5 Å². The van der Waals surface area contributed by atoms with E-state index in [0.29, 0.717) is 39.3 Å². The molecule has 0 bridgehead atoms. The summed E-state index contributed by atoms with van der Waals surface area (Å²) >= 11 is 0. The van der Waals surface area contributed by atoms with Crippen molar-refractivity contribution >= 4 is 16.8 Å². The maximum Gasteiger partial charge on any atom is 0.284 e. The predicted molar refractivity (Wildman–Crippen MR) is 157 cm³/mol. The molecule has 2 heterocycles. The number of para-hydroxylation sites is 1. The summed E-state index contributed by atoms with van der Waals surface area (Å²) in [5, 5.41) is 17.0. The fourth-order valence-corrected chi connectivity index (χ4v) is 4.72. The highest BCUT2D eigenvalue weighted by Gasteiger charge is 2.26. The normalized spacial score (nSPS) is 12.5. The second kappa shape index (κ2) is 11.9. The number of aromatic amines is 1. The first-order chi connectivity index (χ1) is 20.6. The molecule has 222 valence electrons. The van der Waals surface area contributed by atoms with Crippen LogP contribution in [0.25, 0.3) is 16.6 Å². The highest BCUT2D eigenvalue weighted by Crippen LogP contribution is 2.36. The molecule has 3 N–H and O–H groups in total. The van der Waals surface area contributed by atoms with Crippen LogP contribution in [0, 0.1) is 12.7 Å². The molecule has 2 aromatic heterocycles. The predicted octanol–water partition coefficient (Wildman–Crippen LogP) is 4.09. The second-order valence-electron chi connectivity index (χ2n) is 10.2. The molecule has 0 radical (unpaired) electrons. The third kappa shape index (κ3) is 6.19. The number of aromatic nitrogens is 4. The number of carbonyl (C=O) groups is 1. The maximum absolute atomic E-state index is 15.1. The maximum atomic E-state index is 15.1. The van der Waals surface area contributed by atoms with Crippen molar-refractivity contribution in [1.29, 1.82) is 0 Å². The van der Waals surface area contributed by atoms with E-state index in [9.17, 15) is 14.7 Å². The Bertz CT molecular complexity index is 1850. The van der Waals surface area contributed by atoms with Gasteiger partial charge in [0.2, 0.25) is 5.88 Å². The van der Waals surface area contributed by atoms with Crippen molar-refractivity contribution in [3.05, 3.63) is 100.0 Å². The van der Waals surface area contributed by atoms with Gasteiger partial charge < -0.3 is 24.6 Å². The van der Waals surface area contributed by atoms with E-state index in [2.05, 4.69) is 20.4 Å². The number of nitrogens with one attached hydrogen (secondary N) is 2. The van der Waals surface area contributed by atoms with Gasteiger partial charge in [0.1, 0.15) is 11.9 Å². The standard InChI is InChI=1S/C31H30FN5O6/c1-18-27(30(39)37(36-18)20-8-6-5-7-9-20)28(38)33-16-31(2,40)15-19-10-11-24(22(32)12-19)43-29-21-13-25(41-3)26(42-4)14-23(21)34-17-35-29/h5-14,17,36,40H,15-16H2,1-4H3,(H,33,38). The van der Waals surface area contributed by atoms with Gasteiger partial charge in [0, 0.05) is 24.7 Å². The molecule has 1 unspecified atom stereocenters. The van der Waals surface area contributed by atoms with Crippen LogP contribution in [0.3, 0.4) is 0 Å². The quantitative estimate of drug-likeness (QED) is 0.222. The number of halogens is 1. The fraction of sp³-hybridized carbons (Fsp3) is 0.226. The number of carbonyl (C=O) groups excluding carboxylic acids is 1. The number of methoxy groups -OCH3 is 2. The smallest absolute Gasteiger partial charge is 0.284 e. The first-order valence-electron chi connectivity index (χ1n) is 13.3. The molecule has 0 aliphatic heterocycles. The third-order valence-electron chi connectivity index (χ3n) is 6.83. The zero-order valence-corrected chi connectivity index (χ0v) is 24.0. The van der Waals surface area contributed by atoms with E-state index in [1.54, 1.807) is 49.4 Å². The molecular weight excluding hydrogens is 557 g/mol. The Kier molecular flexibility index (Phi) is 8.13. The van der Waals surface area contributed by atoms with E-state index >= 15 is 4.39 Å². The average molecular weight is 588 g/mol. The van der Waals surface area contributed by atoms with Crippen LogP contribution in [-0.4, -0.2) is 57.1 Å². The van der Waals surface area contributed by atoms with E-state index in [4.69, 9.17) is 14.2 Å². The number of aryl methyl sites for hydroxylation is 1. The summed E-state index contributed by atoms with van der Waals surface area (Å²) in [5.41, 5.74) is -0.0559. The van der Waals surface area contributed by atoms with Crippen molar-refractivity contribution in [2.75, 3.05) is 20.8 Å². The lowest BCUT2D eigenvalue weighted by atomic mass is 9.96. The SMILES string of the molecule is COc1cc2ncnc(Oc3ccc(CC(C)(O)CNC(=O)c4c(C)[nH]n(-c5ccccc5)c4=O)cc3F)c2cc1OC. The van der Waals surface area contributed by atoms with Crippen molar-refractivity contribution in [1.82, 2.24) is 25.1 Å². The first-order valence-corrected chi connectivity index (χ1v) is 13.3. The monoisotopic (exact) mass is 587 g/mol. The molecule has 1 atom stereocenters. The average Bonchev–Trinajstić information content (AvgIpc) is 3.30. The Morgan fingerprint density at radius 2 is 1.77 bits per heavy atom. The number of hydrogen-bond acceptors (Lipinski definition) is 8. The number of amides is 1. The molecular formula is C31H30FN5O6. The summed E-state index contributed by atoms with van der Waals surface area (Å²) in [6.07, 6.45) is 1.31. The van der Waals surface area contributed by atoms with Crippen LogP contribution in [-0.2, 0) is 6.42 Å². The Morgan fingerprint density at radius 1 is 1.05 bits per heavy atom. The largest absolute Gasteiger partial charge is 0.493 e. The Hall–Kier alpha value is -5.23. The summed E-state index contributed by atoms with van der Waals surface area (Å²) in [6, 6.07) is 16.5. The van der Waals surface area contributed by atoms with Crippen LogP contribution in [0.5, 0.6) is 23.1 Å². The number of benzene rings is 3. The number of H-pyrrole nitrogens is 1. The van der Waals surface area contributed by atoms with Crippen LogP contribution in [0.4, 0.5) is 4.39 Å². The minimum absolute atomic E-state index is 0.0122. The first kappa shape index (κ1) is 29.3. The van der Waals surface area contributed by atoms with E-state index < -0.39 is 22.9 Å². The van der Waals surface area contributed by atoms with Crippen molar-refractivity contribution in [3.8, 4) is 28.8 Å². The Balaban J connectivity index is 1.27. The van der Waals surface area contributed by atoms with E-state index in [1.807, 2.05) is 6.07 Å². The van der Waals surface area contributed by atoms with Gasteiger partial charge in [-0.05, 0) is 49.7 Å². The van der Waals surface area contributed by atoms with Gasteiger partial charge in [0.15, 0.2) is 23.1 Å². The van der Waals surface area contributed by atoms with Crippen LogP contribution in [0.2, 0.25) is 0 Å². The van der Waals surface area contributed by atoms with Crippen molar-refractivity contribution < 1.29 is 28.5 Å². The lowest BCUT2D eigenvalue weighted by Crippen LogP contribution is -2.43. The molecule has 5 aromatic rings. The topological polar surface area (TPSA) is 141 Å². The van der Waals surface area contributed by atoms with Gasteiger partial charge >= 0.3 is 0 Å². The number of ether oxygens (including phenoxy) is 3. The zero-order chi connectivity index (χ0) is 30.7. The lowest BCUT2D eigenvalue weighted by Gasteiger charge is -2.24. The van der Waals surface area contributed by atoms with Gasteiger partial charge in [-0.1, -0.05) is 24.3 Å². The molecule has 43 heavy (non-hydrogen) atoms. The molecule has 11 nitrogen and oxygen atoms in total. The second-order valence-corrected chi connectivity index (χ2v) is 10.2. The van der Waals surface area contributed by atoms with E-state index in [-0.39, 0.29) is 30.2 Å². The van der Waals surface area contributed by atoms with Gasteiger partial charge in [-0.15, -0.1) is 0 Å². The molecule has 12 heteroatoms. The summed E-state index contributed by atoms with van der Waals surface area (Å²) in [4.78, 5) is 34.2. The summed E-state index contributed by atoms with van der Waals surface area (Å²) in [7, 11) is 3.01. The number of nitrogens with zero attached hydrogens (tertiary/aromatic N) is 3. The van der Waals surface area contributed by atoms with Gasteiger partial charge in [-0.25, -0.2) is 19.0 Å². The molecule has 1 amide bonds. The highest BCUT2D eigenvalue weighted by molar-refractivity contribution is 5.95. The van der Waals surface area contributed by atoms with Crippen LogP contribution in [0.15, 0.2) is 71.8 Å². The summed E-state index contributed by atoms with van der Waals surface area (Å²) < 4.78 is 32.9. The minimum Gasteiger partial charge on any atom is -0.493 e. The number of fused-ring (bicyclic) bond motifs is 1. The molecule has 5 rings (SSSR count). The number of aliphatic hydroxyl groups is 1. The molecule has 0 aliphatic rings. The van der Waals surface area contributed by atoms with Crippen molar-refractivity contribution in [3.63, 3.8) is 0 Å².